The predicted molar refractivity (Wildman–Crippen MR) is 99.7 cm³/mol. The predicted octanol–water partition coefficient (Wildman–Crippen LogP) is 1.67. The molecular weight excluding hydrogens is 380 g/mol. The molecule has 0 atom stereocenters. The number of carbonyl (C=O) groups is 1. The van der Waals surface area contributed by atoms with Gasteiger partial charge in [0.1, 0.15) is 0 Å². The van der Waals surface area contributed by atoms with E-state index in [0.29, 0.717) is 27.7 Å². The van der Waals surface area contributed by atoms with Gasteiger partial charge in [0.15, 0.2) is 0 Å². The summed E-state index contributed by atoms with van der Waals surface area (Å²) in [4.78, 5) is 12.0. The minimum Gasteiger partial charge on any atom is -0.355 e. The summed E-state index contributed by atoms with van der Waals surface area (Å²) in [5.41, 5.74) is 2.10. The Morgan fingerprint density at radius 3 is 2.42 bits per heavy atom. The second kappa shape index (κ2) is 8.26. The van der Waals surface area contributed by atoms with Crippen molar-refractivity contribution in [3.63, 3.8) is 0 Å². The molecule has 0 saturated heterocycles. The number of benzene rings is 1. The fourth-order valence-electron chi connectivity index (χ4n) is 2.44. The first-order chi connectivity index (χ1) is 12.2. The number of halogens is 1. The van der Waals surface area contributed by atoms with Gasteiger partial charge in [0, 0.05) is 29.7 Å². The largest absolute Gasteiger partial charge is 0.355 e. The van der Waals surface area contributed by atoms with Crippen molar-refractivity contribution in [1.29, 1.82) is 10.8 Å². The lowest BCUT2D eigenvalue weighted by atomic mass is 10.1. The molecule has 1 heterocycles. The summed E-state index contributed by atoms with van der Waals surface area (Å²) in [7, 11) is -4.15. The third kappa shape index (κ3) is 5.01. The van der Waals surface area contributed by atoms with Gasteiger partial charge in [0.05, 0.1) is 23.6 Å². The molecular formula is C16H17ClN4O4S. The second-order valence-electron chi connectivity index (χ2n) is 5.39. The summed E-state index contributed by atoms with van der Waals surface area (Å²) in [5.74, 6) is -1.03. The molecule has 10 heteroatoms. The average molecular weight is 397 g/mol. The second-order valence-corrected chi connectivity index (χ2v) is 7.40. The zero-order valence-electron chi connectivity index (χ0n) is 13.6. The van der Waals surface area contributed by atoms with Crippen molar-refractivity contribution in [3.05, 3.63) is 52.3 Å². The Hall–Kier alpha value is -2.49. The molecule has 0 aliphatic carbocycles. The van der Waals surface area contributed by atoms with Gasteiger partial charge < -0.3 is 20.7 Å². The van der Waals surface area contributed by atoms with Crippen molar-refractivity contribution in [2.45, 2.75) is 6.42 Å². The van der Waals surface area contributed by atoms with Gasteiger partial charge in [0.25, 0.3) is 10.1 Å². The summed E-state index contributed by atoms with van der Waals surface area (Å²) in [6.45, 7) is -0.215. The van der Waals surface area contributed by atoms with Crippen LogP contribution in [0.4, 0.5) is 0 Å². The van der Waals surface area contributed by atoms with E-state index in [0.717, 1.165) is 12.4 Å². The number of hydrogen-bond acceptors (Lipinski definition) is 5. The van der Waals surface area contributed by atoms with Crippen molar-refractivity contribution in [2.75, 3.05) is 12.3 Å². The van der Waals surface area contributed by atoms with E-state index in [9.17, 15) is 13.2 Å². The molecule has 0 aliphatic rings. The van der Waals surface area contributed by atoms with Gasteiger partial charge in [-0.25, -0.2) is 0 Å². The molecule has 0 aliphatic heterocycles. The number of carbonyl (C=O) groups excluding carboxylic acids is 1. The highest BCUT2D eigenvalue weighted by molar-refractivity contribution is 7.85. The van der Waals surface area contributed by atoms with Gasteiger partial charge in [-0.1, -0.05) is 11.6 Å². The number of hydrogen-bond donors (Lipinski definition) is 4. The van der Waals surface area contributed by atoms with E-state index in [2.05, 4.69) is 5.32 Å². The van der Waals surface area contributed by atoms with E-state index in [1.165, 1.54) is 0 Å². The third-order valence-electron chi connectivity index (χ3n) is 3.55. The highest BCUT2D eigenvalue weighted by Crippen LogP contribution is 2.22. The Kier molecular flexibility index (Phi) is 6.30. The van der Waals surface area contributed by atoms with Crippen LogP contribution in [-0.4, -0.2) is 48.2 Å². The molecule has 26 heavy (non-hydrogen) atoms. The van der Waals surface area contributed by atoms with Crippen molar-refractivity contribution >= 4 is 40.1 Å². The maximum atomic E-state index is 12.0. The van der Waals surface area contributed by atoms with E-state index >= 15 is 0 Å². The zero-order chi connectivity index (χ0) is 19.3. The summed E-state index contributed by atoms with van der Waals surface area (Å²) >= 11 is 5.89. The Morgan fingerprint density at radius 1 is 1.23 bits per heavy atom. The van der Waals surface area contributed by atoms with Crippen LogP contribution in [0.25, 0.3) is 5.69 Å². The van der Waals surface area contributed by atoms with Crippen LogP contribution in [0.5, 0.6) is 0 Å². The standard InChI is InChI=1S/C16H17ClN4O4S/c17-12-1-3-13(4-2-12)21-14(9-18)7-11(15(21)10-19)8-16(22)20-5-6-26(23,24)25/h1-4,7,9-10,18-19H,5-6,8H2,(H,20,22)(H,23,24,25). The van der Waals surface area contributed by atoms with Gasteiger partial charge in [0.2, 0.25) is 5.91 Å². The third-order valence-corrected chi connectivity index (χ3v) is 4.52. The fraction of sp³-hybridized carbons (Fsp3) is 0.188. The lowest BCUT2D eigenvalue weighted by Crippen LogP contribution is -2.30. The lowest BCUT2D eigenvalue weighted by molar-refractivity contribution is -0.120. The summed E-state index contributed by atoms with van der Waals surface area (Å²) in [5, 5.41) is 18.2. The fourth-order valence-corrected chi connectivity index (χ4v) is 2.92. The van der Waals surface area contributed by atoms with Crippen LogP contribution in [0.15, 0.2) is 30.3 Å². The van der Waals surface area contributed by atoms with Crippen molar-refractivity contribution in [3.8, 4) is 5.69 Å². The zero-order valence-corrected chi connectivity index (χ0v) is 15.1. The van der Waals surface area contributed by atoms with Crippen LogP contribution >= 0.6 is 11.6 Å². The molecule has 138 valence electrons. The first kappa shape index (κ1) is 19.8. The minimum absolute atomic E-state index is 0.0996. The summed E-state index contributed by atoms with van der Waals surface area (Å²) < 4.78 is 31.7. The van der Waals surface area contributed by atoms with E-state index in [4.69, 9.17) is 27.0 Å². The molecule has 0 bridgehead atoms. The van der Waals surface area contributed by atoms with Gasteiger partial charge in [-0.3, -0.25) is 9.35 Å². The Balaban J connectivity index is 2.27. The molecule has 4 N–H and O–H groups in total. The molecule has 1 amide bonds. The number of rotatable bonds is 8. The van der Waals surface area contributed by atoms with Gasteiger partial charge in [-0.05, 0) is 35.9 Å². The highest BCUT2D eigenvalue weighted by Gasteiger charge is 2.17. The Labute approximate surface area is 155 Å². The first-order valence-corrected chi connectivity index (χ1v) is 9.47. The SMILES string of the molecule is N=Cc1cc(CC(=O)NCCS(=O)(=O)O)c(C=N)n1-c1ccc(Cl)cc1. The lowest BCUT2D eigenvalue weighted by Gasteiger charge is -2.10. The maximum absolute atomic E-state index is 12.0. The van der Waals surface area contributed by atoms with E-state index in [-0.39, 0.29) is 13.0 Å². The maximum Gasteiger partial charge on any atom is 0.266 e. The minimum atomic E-state index is -4.15. The van der Waals surface area contributed by atoms with Crippen LogP contribution in [0.2, 0.25) is 5.02 Å². The first-order valence-electron chi connectivity index (χ1n) is 7.48. The number of aromatic nitrogens is 1. The van der Waals surface area contributed by atoms with Crippen molar-refractivity contribution in [2.24, 2.45) is 0 Å². The average Bonchev–Trinajstić information content (AvgIpc) is 2.91. The number of nitrogens with zero attached hydrogens (tertiary/aromatic N) is 1. The van der Waals surface area contributed by atoms with Gasteiger partial charge >= 0.3 is 0 Å². The molecule has 2 aromatic rings. The molecule has 2 rings (SSSR count). The van der Waals surface area contributed by atoms with Crippen LogP contribution in [-0.2, 0) is 21.3 Å². The molecule has 0 fully saturated rings. The monoisotopic (exact) mass is 396 g/mol. The molecule has 0 spiro atoms. The molecule has 0 saturated carbocycles. The molecule has 8 nitrogen and oxygen atoms in total. The van der Waals surface area contributed by atoms with E-state index in [1.54, 1.807) is 34.9 Å². The quantitative estimate of drug-likeness (QED) is 0.398. The molecule has 0 unspecified atom stereocenters. The Morgan fingerprint density at radius 2 is 1.88 bits per heavy atom. The highest BCUT2D eigenvalue weighted by atomic mass is 35.5. The normalized spacial score (nSPS) is 11.2. The van der Waals surface area contributed by atoms with Crippen molar-refractivity contribution in [1.82, 2.24) is 9.88 Å². The topological polar surface area (TPSA) is 136 Å². The number of amides is 1. The van der Waals surface area contributed by atoms with Crippen molar-refractivity contribution < 1.29 is 17.8 Å². The Bertz CT molecular complexity index is 936. The number of nitrogens with one attached hydrogen (secondary N) is 3. The molecule has 0 radical (unpaired) electrons. The smallest absolute Gasteiger partial charge is 0.266 e. The van der Waals surface area contributed by atoms with Crippen LogP contribution in [0, 0.1) is 10.8 Å². The van der Waals surface area contributed by atoms with Crippen LogP contribution < -0.4 is 5.32 Å². The van der Waals surface area contributed by atoms with Gasteiger partial charge in [-0.15, -0.1) is 0 Å². The van der Waals surface area contributed by atoms with E-state index in [1.807, 2.05) is 0 Å². The van der Waals surface area contributed by atoms with E-state index < -0.39 is 21.8 Å². The van der Waals surface area contributed by atoms with Crippen LogP contribution in [0.3, 0.4) is 0 Å². The molecule has 1 aromatic carbocycles. The summed E-state index contributed by atoms with van der Waals surface area (Å²) in [6, 6.07) is 8.45. The summed E-state index contributed by atoms with van der Waals surface area (Å²) in [6.07, 6.45) is 2.10. The van der Waals surface area contributed by atoms with Crippen LogP contribution in [0.1, 0.15) is 17.0 Å². The molecule has 1 aromatic heterocycles. The van der Waals surface area contributed by atoms with Gasteiger partial charge in [-0.2, -0.15) is 8.42 Å².